The summed E-state index contributed by atoms with van der Waals surface area (Å²) in [6.45, 7) is 2.62. The van der Waals surface area contributed by atoms with Crippen molar-refractivity contribution in [1.82, 2.24) is 9.55 Å². The zero-order valence-corrected chi connectivity index (χ0v) is 10.3. The number of nitrogens with one attached hydrogen (secondary N) is 1. The minimum absolute atomic E-state index is 0.254. The zero-order valence-electron chi connectivity index (χ0n) is 8.75. The summed E-state index contributed by atoms with van der Waals surface area (Å²) in [5.74, 6) is 0. The van der Waals surface area contributed by atoms with Crippen LogP contribution in [-0.2, 0) is 6.54 Å². The lowest BCUT2D eigenvalue weighted by Gasteiger charge is -2.03. The summed E-state index contributed by atoms with van der Waals surface area (Å²) in [6, 6.07) is 0. The highest BCUT2D eigenvalue weighted by atomic mass is 79.9. The molecule has 1 N–H and O–H groups in total. The number of nitrogens with zero attached hydrogens (tertiary/aromatic N) is 1. The Morgan fingerprint density at radius 1 is 1.33 bits per heavy atom. The van der Waals surface area contributed by atoms with E-state index in [4.69, 9.17) is 0 Å². The lowest BCUT2D eigenvalue weighted by molar-refractivity contribution is 0.548. The molecule has 15 heavy (non-hydrogen) atoms. The van der Waals surface area contributed by atoms with Crippen molar-refractivity contribution in [2.24, 2.45) is 0 Å². The number of halogens is 1. The molecule has 84 valence electrons. The average molecular weight is 275 g/mol. The van der Waals surface area contributed by atoms with Crippen molar-refractivity contribution >= 4 is 15.9 Å². The van der Waals surface area contributed by atoms with Gasteiger partial charge in [0.15, 0.2) is 0 Å². The van der Waals surface area contributed by atoms with Crippen molar-refractivity contribution in [2.45, 2.75) is 39.2 Å². The molecule has 1 rings (SSSR count). The highest BCUT2D eigenvalue weighted by Gasteiger charge is 2.03. The summed E-state index contributed by atoms with van der Waals surface area (Å²) in [7, 11) is 0. The Balaban J connectivity index is 2.72. The van der Waals surface area contributed by atoms with E-state index in [1.165, 1.54) is 10.8 Å². The van der Waals surface area contributed by atoms with E-state index in [0.717, 1.165) is 25.7 Å². The summed E-state index contributed by atoms with van der Waals surface area (Å²) < 4.78 is 1.64. The number of rotatable bonds is 5. The highest BCUT2D eigenvalue weighted by Crippen LogP contribution is 2.00. The maximum Gasteiger partial charge on any atom is 0.328 e. The number of aromatic amines is 1. The second-order valence-corrected chi connectivity index (χ2v) is 4.31. The van der Waals surface area contributed by atoms with E-state index in [1.807, 2.05) is 0 Å². The Kier molecular flexibility index (Phi) is 4.81. The molecule has 0 fully saturated rings. The third-order valence-corrected chi connectivity index (χ3v) is 2.82. The Morgan fingerprint density at radius 2 is 2.07 bits per heavy atom. The Morgan fingerprint density at radius 3 is 2.73 bits per heavy atom. The predicted molar refractivity (Wildman–Crippen MR) is 63.2 cm³/mol. The van der Waals surface area contributed by atoms with E-state index in [2.05, 4.69) is 27.8 Å². The van der Waals surface area contributed by atoms with E-state index in [0.29, 0.717) is 11.0 Å². The van der Waals surface area contributed by atoms with Crippen LogP contribution in [-0.4, -0.2) is 9.55 Å². The lowest BCUT2D eigenvalue weighted by Crippen LogP contribution is -2.35. The molecule has 0 aliphatic carbocycles. The van der Waals surface area contributed by atoms with Crippen molar-refractivity contribution in [1.29, 1.82) is 0 Å². The number of hydrogen-bond donors (Lipinski definition) is 1. The molecule has 0 bridgehead atoms. The van der Waals surface area contributed by atoms with Crippen LogP contribution in [0, 0.1) is 0 Å². The molecule has 0 atom stereocenters. The SMILES string of the molecule is CCCCCCn1c(=O)[nH]cc(Br)c1=O. The number of aromatic nitrogens is 2. The number of H-pyrrole nitrogens is 1. The van der Waals surface area contributed by atoms with Gasteiger partial charge in [0.25, 0.3) is 5.56 Å². The average Bonchev–Trinajstić information content (AvgIpc) is 2.23. The molecule has 0 aromatic carbocycles. The molecule has 0 radical (unpaired) electrons. The molecule has 0 aliphatic rings. The minimum atomic E-state index is -0.334. The van der Waals surface area contributed by atoms with Crippen LogP contribution < -0.4 is 11.2 Å². The summed E-state index contributed by atoms with van der Waals surface area (Å²) in [4.78, 5) is 25.4. The van der Waals surface area contributed by atoms with Crippen LogP contribution in [0.2, 0.25) is 0 Å². The zero-order chi connectivity index (χ0) is 11.3. The third-order valence-electron chi connectivity index (χ3n) is 2.25. The van der Waals surface area contributed by atoms with E-state index in [9.17, 15) is 9.59 Å². The summed E-state index contributed by atoms with van der Waals surface area (Å²) in [5.41, 5.74) is -0.588. The van der Waals surface area contributed by atoms with Crippen LogP contribution in [0.4, 0.5) is 0 Å². The van der Waals surface area contributed by atoms with Crippen molar-refractivity contribution < 1.29 is 0 Å². The molecule has 0 unspecified atom stereocenters. The predicted octanol–water partition coefficient (Wildman–Crippen LogP) is 1.88. The standard InChI is InChI=1S/C10H15BrN2O2/c1-2-3-4-5-6-13-9(14)8(11)7-12-10(13)15/h7H,2-6H2,1H3,(H,12,15). The lowest BCUT2D eigenvalue weighted by atomic mass is 10.2. The normalized spacial score (nSPS) is 10.5. The van der Waals surface area contributed by atoms with Crippen LogP contribution in [0.25, 0.3) is 0 Å². The number of unbranched alkanes of at least 4 members (excludes halogenated alkanes) is 3. The third kappa shape index (κ3) is 3.34. The largest absolute Gasteiger partial charge is 0.328 e. The van der Waals surface area contributed by atoms with Crippen molar-refractivity contribution in [2.75, 3.05) is 0 Å². The van der Waals surface area contributed by atoms with Crippen molar-refractivity contribution in [3.8, 4) is 0 Å². The van der Waals surface area contributed by atoms with Crippen molar-refractivity contribution in [3.63, 3.8) is 0 Å². The second-order valence-electron chi connectivity index (χ2n) is 3.46. The first-order valence-corrected chi connectivity index (χ1v) is 5.94. The molecule has 0 saturated heterocycles. The molecular weight excluding hydrogens is 260 g/mol. The summed E-state index contributed by atoms with van der Waals surface area (Å²) in [6.07, 6.45) is 5.58. The van der Waals surface area contributed by atoms with Crippen molar-refractivity contribution in [3.05, 3.63) is 31.5 Å². The van der Waals surface area contributed by atoms with E-state index in [-0.39, 0.29) is 11.2 Å². The van der Waals surface area contributed by atoms with E-state index in [1.54, 1.807) is 0 Å². The molecule has 5 heteroatoms. The monoisotopic (exact) mass is 274 g/mol. The van der Waals surface area contributed by atoms with Gasteiger partial charge in [-0.15, -0.1) is 0 Å². The fourth-order valence-corrected chi connectivity index (χ4v) is 1.71. The van der Waals surface area contributed by atoms with Gasteiger partial charge in [-0.05, 0) is 22.4 Å². The smallest absolute Gasteiger partial charge is 0.313 e. The second kappa shape index (κ2) is 5.90. The molecule has 4 nitrogen and oxygen atoms in total. The Hall–Kier alpha value is -0.840. The van der Waals surface area contributed by atoms with Crippen LogP contribution in [0.1, 0.15) is 32.6 Å². The van der Waals surface area contributed by atoms with Crippen LogP contribution >= 0.6 is 15.9 Å². The molecule has 1 aromatic rings. The fourth-order valence-electron chi connectivity index (χ4n) is 1.39. The molecule has 1 aromatic heterocycles. The van der Waals surface area contributed by atoms with E-state index >= 15 is 0 Å². The molecule has 0 saturated carbocycles. The van der Waals surface area contributed by atoms with Gasteiger partial charge in [0.2, 0.25) is 0 Å². The molecule has 1 heterocycles. The minimum Gasteiger partial charge on any atom is -0.313 e. The maximum absolute atomic E-state index is 11.5. The fraction of sp³-hybridized carbons (Fsp3) is 0.600. The molecule has 0 aliphatic heterocycles. The van der Waals surface area contributed by atoms with Gasteiger partial charge in [0.1, 0.15) is 0 Å². The Bertz CT molecular complexity index is 422. The van der Waals surface area contributed by atoms with Crippen LogP contribution in [0.3, 0.4) is 0 Å². The summed E-state index contributed by atoms with van der Waals surface area (Å²) >= 11 is 3.10. The van der Waals surface area contributed by atoms with Gasteiger partial charge in [0, 0.05) is 12.7 Å². The quantitative estimate of drug-likeness (QED) is 0.834. The first-order chi connectivity index (χ1) is 7.16. The first-order valence-electron chi connectivity index (χ1n) is 5.15. The van der Waals surface area contributed by atoms with Gasteiger partial charge < -0.3 is 4.98 Å². The maximum atomic E-state index is 11.5. The Labute approximate surface area is 96.5 Å². The van der Waals surface area contributed by atoms with Crippen LogP contribution in [0.5, 0.6) is 0 Å². The molecule has 0 spiro atoms. The highest BCUT2D eigenvalue weighted by molar-refractivity contribution is 9.10. The topological polar surface area (TPSA) is 54.9 Å². The van der Waals surface area contributed by atoms with Gasteiger partial charge in [-0.3, -0.25) is 9.36 Å². The summed E-state index contributed by atoms with van der Waals surface area (Å²) in [5, 5.41) is 0. The van der Waals surface area contributed by atoms with Crippen LogP contribution in [0.15, 0.2) is 20.3 Å². The molecular formula is C10H15BrN2O2. The van der Waals surface area contributed by atoms with Gasteiger partial charge in [-0.1, -0.05) is 26.2 Å². The first kappa shape index (κ1) is 12.2. The number of hydrogen-bond acceptors (Lipinski definition) is 2. The van der Waals surface area contributed by atoms with Gasteiger partial charge in [-0.2, -0.15) is 0 Å². The van der Waals surface area contributed by atoms with E-state index < -0.39 is 0 Å². The molecule has 0 amide bonds. The van der Waals surface area contributed by atoms with Gasteiger partial charge >= 0.3 is 5.69 Å². The van der Waals surface area contributed by atoms with Gasteiger partial charge in [-0.25, -0.2) is 4.79 Å². The van der Waals surface area contributed by atoms with Gasteiger partial charge in [0.05, 0.1) is 4.47 Å².